The fourth-order valence-corrected chi connectivity index (χ4v) is 7.52. The summed E-state index contributed by atoms with van der Waals surface area (Å²) in [6, 6.07) is 3.42. The molecule has 0 aromatic heterocycles. The summed E-state index contributed by atoms with van der Waals surface area (Å²) >= 11 is 0. The van der Waals surface area contributed by atoms with E-state index in [1.54, 1.807) is 19.2 Å². The van der Waals surface area contributed by atoms with Gasteiger partial charge in [-0.2, -0.15) is 0 Å². The lowest BCUT2D eigenvalue weighted by atomic mass is 9.90. The van der Waals surface area contributed by atoms with E-state index in [2.05, 4.69) is 17.5 Å². The highest BCUT2D eigenvalue weighted by Gasteiger charge is 2.45. The molecule has 11 heteroatoms. The SMILES string of the molecule is COC(/C=C/CCCCCCCCCCCC[C@@H](O[C@H]1O[C@@H](CO)[C@@H](O)[C@@H](O)[C@@H]1O)[C@@H](C)N)CCCCCCCC1NCCc2cc(O)c(O)cc21. The van der Waals surface area contributed by atoms with Crippen molar-refractivity contribution in [3.8, 4) is 11.5 Å². The monoisotopic (exact) mass is 737 g/mol. The summed E-state index contributed by atoms with van der Waals surface area (Å²) in [6.07, 6.45) is 20.7. The number of methoxy groups -OCH3 is 1. The van der Waals surface area contributed by atoms with Crippen molar-refractivity contribution in [2.45, 2.75) is 190 Å². The molecule has 0 aliphatic carbocycles. The third-order valence-corrected chi connectivity index (χ3v) is 10.9. The summed E-state index contributed by atoms with van der Waals surface area (Å²) in [6.45, 7) is 2.27. The van der Waals surface area contributed by atoms with Crippen LogP contribution in [0.4, 0.5) is 0 Å². The van der Waals surface area contributed by atoms with Gasteiger partial charge in [0.25, 0.3) is 0 Å². The van der Waals surface area contributed by atoms with Gasteiger partial charge in [-0.05, 0) is 75.3 Å². The molecule has 1 fully saturated rings. The van der Waals surface area contributed by atoms with Gasteiger partial charge in [0, 0.05) is 19.2 Å². The summed E-state index contributed by atoms with van der Waals surface area (Å²) in [5, 5.41) is 63.0. The van der Waals surface area contributed by atoms with Crippen LogP contribution < -0.4 is 11.1 Å². The Balaban J connectivity index is 1.12. The van der Waals surface area contributed by atoms with Crippen LogP contribution in [0.3, 0.4) is 0 Å². The maximum Gasteiger partial charge on any atom is 0.187 e. The molecule has 2 aliphatic heterocycles. The van der Waals surface area contributed by atoms with Gasteiger partial charge in [0.2, 0.25) is 0 Å². The molecule has 11 nitrogen and oxygen atoms in total. The van der Waals surface area contributed by atoms with Crippen LogP contribution in [0.1, 0.15) is 146 Å². The molecule has 1 aromatic carbocycles. The Hall–Kier alpha value is -1.80. The van der Waals surface area contributed by atoms with Crippen LogP contribution in [0.5, 0.6) is 11.5 Å². The third-order valence-electron chi connectivity index (χ3n) is 10.9. The second kappa shape index (κ2) is 25.3. The number of aliphatic hydroxyl groups is 4. The van der Waals surface area contributed by atoms with Crippen molar-refractivity contribution < 1.29 is 44.8 Å². The molecule has 0 bridgehead atoms. The van der Waals surface area contributed by atoms with E-state index >= 15 is 0 Å². The Morgan fingerprint density at radius 3 is 2.06 bits per heavy atom. The second-order valence-corrected chi connectivity index (χ2v) is 15.2. The first-order chi connectivity index (χ1) is 25.2. The molecule has 0 saturated carbocycles. The largest absolute Gasteiger partial charge is 0.504 e. The number of ether oxygens (including phenoxy) is 3. The summed E-state index contributed by atoms with van der Waals surface area (Å²) < 4.78 is 17.1. The minimum Gasteiger partial charge on any atom is -0.504 e. The molecule has 2 aliphatic rings. The number of phenols is 2. The number of hydrogen-bond donors (Lipinski definition) is 8. The van der Waals surface area contributed by atoms with Gasteiger partial charge in [0.05, 0.1) is 18.8 Å². The van der Waals surface area contributed by atoms with Crippen molar-refractivity contribution in [2.75, 3.05) is 20.3 Å². The lowest BCUT2D eigenvalue weighted by molar-refractivity contribution is -0.312. The van der Waals surface area contributed by atoms with Crippen molar-refractivity contribution in [1.82, 2.24) is 5.32 Å². The lowest BCUT2D eigenvalue weighted by Crippen LogP contribution is -2.60. The Morgan fingerprint density at radius 2 is 1.42 bits per heavy atom. The average molecular weight is 737 g/mol. The summed E-state index contributed by atoms with van der Waals surface area (Å²) in [5.41, 5.74) is 8.40. The van der Waals surface area contributed by atoms with Crippen LogP contribution in [-0.4, -0.2) is 99.9 Å². The quantitative estimate of drug-likeness (QED) is 0.0310. The molecule has 0 amide bonds. The first kappa shape index (κ1) is 44.6. The van der Waals surface area contributed by atoms with Crippen LogP contribution in [0.25, 0.3) is 0 Å². The van der Waals surface area contributed by atoms with Gasteiger partial charge in [0.1, 0.15) is 24.4 Å². The van der Waals surface area contributed by atoms with Gasteiger partial charge < -0.3 is 55.9 Å². The van der Waals surface area contributed by atoms with E-state index in [0.29, 0.717) is 6.42 Å². The van der Waals surface area contributed by atoms with Crippen LogP contribution in [-0.2, 0) is 20.6 Å². The first-order valence-electron chi connectivity index (χ1n) is 20.3. The van der Waals surface area contributed by atoms with Crippen LogP contribution in [0.15, 0.2) is 24.3 Å². The Labute approximate surface area is 312 Å². The highest BCUT2D eigenvalue weighted by atomic mass is 16.7. The normalized spacial score (nSPS) is 25.3. The van der Waals surface area contributed by atoms with E-state index in [4.69, 9.17) is 19.9 Å². The van der Waals surface area contributed by atoms with Gasteiger partial charge in [0.15, 0.2) is 17.8 Å². The smallest absolute Gasteiger partial charge is 0.187 e. The van der Waals surface area contributed by atoms with Crippen LogP contribution in [0, 0.1) is 0 Å². The zero-order valence-electron chi connectivity index (χ0n) is 32.0. The van der Waals surface area contributed by atoms with E-state index in [1.807, 2.05) is 6.92 Å². The maximum atomic E-state index is 10.3. The van der Waals surface area contributed by atoms with E-state index in [-0.39, 0.29) is 35.8 Å². The standard InChI is InChI=1S/C41H72N2O9/c1-29(42)36(51-41-40(49)39(48)38(47)37(28-44)52-41)23-19-15-10-8-6-4-3-5-7-9-12-16-20-31(50-2)21-17-13-11-14-18-22-33-32-27-35(46)34(45)26-30(32)24-25-43-33/h16,20,26-27,29,31,33,36-41,43-49H,3-15,17-19,21-25,28,42H2,1-2H3/b20-16+/t29-,31?,33?,36-,37+,38-,39-,40+,41+/m1/s1. The van der Waals surface area contributed by atoms with E-state index in [9.17, 15) is 30.6 Å². The van der Waals surface area contributed by atoms with Crippen LogP contribution >= 0.6 is 0 Å². The number of rotatable bonds is 27. The van der Waals surface area contributed by atoms with Gasteiger partial charge in [-0.25, -0.2) is 0 Å². The minimum absolute atomic E-state index is 0.0218. The Morgan fingerprint density at radius 1 is 0.827 bits per heavy atom. The molecule has 300 valence electrons. The first-order valence-corrected chi connectivity index (χ1v) is 20.3. The maximum absolute atomic E-state index is 10.3. The second-order valence-electron chi connectivity index (χ2n) is 15.2. The molecule has 0 radical (unpaired) electrons. The van der Waals surface area contributed by atoms with Gasteiger partial charge in [-0.15, -0.1) is 0 Å². The number of benzene rings is 1. The van der Waals surface area contributed by atoms with Crippen LogP contribution in [0.2, 0.25) is 0 Å². The number of fused-ring (bicyclic) bond motifs is 1. The highest BCUT2D eigenvalue weighted by molar-refractivity contribution is 5.47. The summed E-state index contributed by atoms with van der Waals surface area (Å²) in [4.78, 5) is 0. The predicted molar refractivity (Wildman–Crippen MR) is 204 cm³/mol. The average Bonchev–Trinajstić information content (AvgIpc) is 3.13. The van der Waals surface area contributed by atoms with E-state index in [0.717, 1.165) is 69.0 Å². The number of aliphatic hydroxyl groups excluding tert-OH is 4. The fraction of sp³-hybridized carbons (Fsp3) is 0.805. The summed E-state index contributed by atoms with van der Waals surface area (Å²) in [7, 11) is 1.81. The molecule has 1 saturated heterocycles. The van der Waals surface area contributed by atoms with Gasteiger partial charge in [-0.1, -0.05) is 102 Å². The van der Waals surface area contributed by atoms with Crippen molar-refractivity contribution in [2.24, 2.45) is 5.73 Å². The van der Waals surface area contributed by atoms with Gasteiger partial charge in [-0.3, -0.25) is 0 Å². The molecule has 0 spiro atoms. The Bertz CT molecular complexity index is 1120. The number of hydrogen-bond acceptors (Lipinski definition) is 11. The molecular formula is C41H72N2O9. The number of unbranched alkanes of at least 4 members (excludes halogenated alkanes) is 14. The van der Waals surface area contributed by atoms with E-state index in [1.165, 1.54) is 70.6 Å². The zero-order chi connectivity index (χ0) is 37.7. The van der Waals surface area contributed by atoms with Crippen molar-refractivity contribution in [3.05, 3.63) is 35.4 Å². The number of nitrogens with two attached hydrogens (primary N) is 1. The lowest BCUT2D eigenvalue weighted by Gasteiger charge is -2.41. The van der Waals surface area contributed by atoms with Gasteiger partial charge >= 0.3 is 0 Å². The van der Waals surface area contributed by atoms with Crippen molar-refractivity contribution in [1.29, 1.82) is 0 Å². The number of allylic oxidation sites excluding steroid dienone is 1. The molecule has 9 N–H and O–H groups in total. The molecule has 2 heterocycles. The molecule has 2 unspecified atom stereocenters. The molecular weight excluding hydrogens is 664 g/mol. The third kappa shape index (κ3) is 15.5. The predicted octanol–water partition coefficient (Wildman–Crippen LogP) is 5.80. The van der Waals surface area contributed by atoms with E-state index < -0.39 is 37.3 Å². The highest BCUT2D eigenvalue weighted by Crippen LogP contribution is 2.35. The minimum atomic E-state index is -1.45. The summed E-state index contributed by atoms with van der Waals surface area (Å²) in [5.74, 6) is -0.0493. The molecule has 52 heavy (non-hydrogen) atoms. The number of aromatic hydroxyl groups is 2. The molecule has 9 atom stereocenters. The molecule has 3 rings (SSSR count). The van der Waals surface area contributed by atoms with Crippen molar-refractivity contribution in [3.63, 3.8) is 0 Å². The number of nitrogens with one attached hydrogen (secondary N) is 1. The zero-order valence-corrected chi connectivity index (χ0v) is 32.0. The topological polar surface area (TPSA) is 187 Å². The number of phenolic OH excluding ortho intramolecular Hbond substituents is 2. The van der Waals surface area contributed by atoms with Crippen molar-refractivity contribution >= 4 is 0 Å². The molecule has 1 aromatic rings. The Kier molecular flexibility index (Phi) is 21.7. The fourth-order valence-electron chi connectivity index (χ4n) is 7.52.